The summed E-state index contributed by atoms with van der Waals surface area (Å²) in [5, 5.41) is 3.15. The van der Waals surface area contributed by atoms with Crippen molar-refractivity contribution in [3.63, 3.8) is 0 Å². The Kier molecular flexibility index (Phi) is 7.24. The van der Waals surface area contributed by atoms with Gasteiger partial charge in [0.2, 0.25) is 10.0 Å². The zero-order valence-electron chi connectivity index (χ0n) is 12.6. The highest BCUT2D eigenvalue weighted by atomic mass is 32.2. The van der Waals surface area contributed by atoms with Crippen molar-refractivity contribution in [1.82, 2.24) is 10.0 Å². The van der Waals surface area contributed by atoms with Crippen molar-refractivity contribution in [3.05, 3.63) is 29.6 Å². The lowest BCUT2D eigenvalue weighted by Gasteiger charge is -2.13. The van der Waals surface area contributed by atoms with Gasteiger partial charge >= 0.3 is 0 Å². The van der Waals surface area contributed by atoms with Crippen LogP contribution in [0.15, 0.2) is 23.1 Å². The molecular weight excluding hydrogens is 295 g/mol. The molecule has 120 valence electrons. The molecular formula is C14H23FN2O3S. The van der Waals surface area contributed by atoms with Crippen molar-refractivity contribution in [3.8, 4) is 0 Å². The van der Waals surface area contributed by atoms with Gasteiger partial charge in [-0.25, -0.2) is 17.5 Å². The maximum absolute atomic E-state index is 13.8. The zero-order chi connectivity index (χ0) is 15.9. The third kappa shape index (κ3) is 5.70. The fourth-order valence-electron chi connectivity index (χ4n) is 1.66. The molecule has 0 radical (unpaired) electrons. The van der Waals surface area contributed by atoms with E-state index in [4.69, 9.17) is 4.74 Å². The van der Waals surface area contributed by atoms with Crippen LogP contribution < -0.4 is 10.0 Å². The lowest BCUT2D eigenvalue weighted by molar-refractivity contribution is 0.122. The van der Waals surface area contributed by atoms with Crippen LogP contribution in [0.3, 0.4) is 0 Å². The summed E-state index contributed by atoms with van der Waals surface area (Å²) < 4.78 is 45.4. The topological polar surface area (TPSA) is 67.4 Å². The summed E-state index contributed by atoms with van der Waals surface area (Å²) in [6.07, 6.45) is 0.695. The summed E-state index contributed by atoms with van der Waals surface area (Å²) in [4.78, 5) is -0.332. The molecule has 1 aromatic carbocycles. The lowest BCUT2D eigenvalue weighted by Crippen LogP contribution is -2.32. The van der Waals surface area contributed by atoms with Crippen molar-refractivity contribution >= 4 is 10.0 Å². The Hall–Kier alpha value is -1.02. The van der Waals surface area contributed by atoms with Crippen LogP contribution in [0.4, 0.5) is 4.39 Å². The van der Waals surface area contributed by atoms with Gasteiger partial charge in [0, 0.05) is 20.2 Å². The van der Waals surface area contributed by atoms with Gasteiger partial charge in [-0.2, -0.15) is 0 Å². The lowest BCUT2D eigenvalue weighted by atomic mass is 10.2. The van der Waals surface area contributed by atoms with E-state index in [-0.39, 0.29) is 17.5 Å². The second-order valence-electron chi connectivity index (χ2n) is 4.84. The Morgan fingerprint density at radius 1 is 1.38 bits per heavy atom. The maximum atomic E-state index is 13.8. The molecule has 0 fully saturated rings. The molecule has 1 rings (SSSR count). The van der Waals surface area contributed by atoms with E-state index in [1.165, 1.54) is 19.2 Å². The van der Waals surface area contributed by atoms with Crippen LogP contribution >= 0.6 is 0 Å². The molecule has 0 aliphatic carbocycles. The molecule has 5 nitrogen and oxygen atoms in total. The molecule has 0 spiro atoms. The number of ether oxygens (including phenoxy) is 1. The quantitative estimate of drug-likeness (QED) is 0.679. The van der Waals surface area contributed by atoms with Gasteiger partial charge in [0.05, 0.1) is 6.10 Å². The molecule has 1 unspecified atom stereocenters. The summed E-state index contributed by atoms with van der Waals surface area (Å²) in [5.74, 6) is -0.758. The number of halogens is 1. The summed E-state index contributed by atoms with van der Waals surface area (Å²) >= 11 is 0. The molecule has 0 saturated heterocycles. The summed E-state index contributed by atoms with van der Waals surface area (Å²) in [6, 6.07) is 4.11. The van der Waals surface area contributed by atoms with E-state index < -0.39 is 15.8 Å². The number of benzene rings is 1. The smallest absolute Gasteiger partial charge is 0.243 e. The first kappa shape index (κ1) is 18.0. The zero-order valence-corrected chi connectivity index (χ0v) is 13.5. The van der Waals surface area contributed by atoms with Gasteiger partial charge in [-0.3, -0.25) is 0 Å². The Balaban J connectivity index is 2.86. The summed E-state index contributed by atoms with van der Waals surface area (Å²) in [6.45, 7) is 5.18. The molecule has 0 amide bonds. The predicted molar refractivity (Wildman–Crippen MR) is 80.1 cm³/mol. The Labute approximate surface area is 125 Å². The van der Waals surface area contributed by atoms with Gasteiger partial charge in [0.15, 0.2) is 0 Å². The van der Waals surface area contributed by atoms with Crippen LogP contribution in [-0.4, -0.2) is 34.7 Å². The molecule has 0 aliphatic rings. The molecule has 7 heteroatoms. The summed E-state index contributed by atoms with van der Waals surface area (Å²) in [5.41, 5.74) is 0.727. The van der Waals surface area contributed by atoms with Gasteiger partial charge < -0.3 is 10.1 Å². The first-order valence-corrected chi connectivity index (χ1v) is 8.40. The highest BCUT2D eigenvalue weighted by Crippen LogP contribution is 2.16. The standard InChI is InChI=1S/C14H23FN2O3S/c1-4-7-16-10-12-5-6-13(15)14(8-12)21(18,19)17-9-11(2)20-3/h5-6,8,11,16-17H,4,7,9-10H2,1-3H3. The fraction of sp³-hybridized carbons (Fsp3) is 0.571. The first-order valence-electron chi connectivity index (χ1n) is 6.92. The number of sulfonamides is 1. The van der Waals surface area contributed by atoms with Crippen LogP contribution in [0, 0.1) is 5.82 Å². The van der Waals surface area contributed by atoms with Crippen molar-refractivity contribution in [1.29, 1.82) is 0 Å². The molecule has 1 aromatic rings. The Morgan fingerprint density at radius 2 is 2.10 bits per heavy atom. The number of hydrogen-bond acceptors (Lipinski definition) is 4. The minimum absolute atomic E-state index is 0.0938. The monoisotopic (exact) mass is 318 g/mol. The minimum Gasteiger partial charge on any atom is -0.380 e. The molecule has 0 aliphatic heterocycles. The molecule has 0 aromatic heterocycles. The van der Waals surface area contributed by atoms with E-state index in [1.807, 2.05) is 6.92 Å². The predicted octanol–water partition coefficient (Wildman–Crippen LogP) is 1.64. The highest BCUT2D eigenvalue weighted by molar-refractivity contribution is 7.89. The largest absolute Gasteiger partial charge is 0.380 e. The highest BCUT2D eigenvalue weighted by Gasteiger charge is 2.20. The molecule has 2 N–H and O–H groups in total. The molecule has 1 atom stereocenters. The minimum atomic E-state index is -3.88. The second-order valence-corrected chi connectivity index (χ2v) is 6.58. The van der Waals surface area contributed by atoms with E-state index in [0.29, 0.717) is 6.54 Å². The van der Waals surface area contributed by atoms with E-state index in [0.717, 1.165) is 18.5 Å². The van der Waals surface area contributed by atoms with Gasteiger partial charge in [-0.15, -0.1) is 0 Å². The van der Waals surface area contributed by atoms with Gasteiger partial charge in [0.1, 0.15) is 10.7 Å². The van der Waals surface area contributed by atoms with Crippen molar-refractivity contribution in [2.75, 3.05) is 20.2 Å². The second kappa shape index (κ2) is 8.43. The van der Waals surface area contributed by atoms with Crippen molar-refractivity contribution < 1.29 is 17.5 Å². The van der Waals surface area contributed by atoms with E-state index >= 15 is 0 Å². The van der Waals surface area contributed by atoms with Crippen LogP contribution in [0.1, 0.15) is 25.8 Å². The normalized spacial score (nSPS) is 13.3. The molecule has 0 bridgehead atoms. The van der Waals surface area contributed by atoms with Crippen molar-refractivity contribution in [2.24, 2.45) is 0 Å². The van der Waals surface area contributed by atoms with Gasteiger partial charge in [0.25, 0.3) is 0 Å². The van der Waals surface area contributed by atoms with Gasteiger partial charge in [-0.05, 0) is 37.6 Å². The van der Waals surface area contributed by atoms with Crippen LogP contribution in [0.5, 0.6) is 0 Å². The Morgan fingerprint density at radius 3 is 2.71 bits per heavy atom. The number of rotatable bonds is 9. The average molecular weight is 318 g/mol. The number of methoxy groups -OCH3 is 1. The van der Waals surface area contributed by atoms with Crippen molar-refractivity contribution in [2.45, 2.75) is 37.8 Å². The Bertz CT molecular complexity index is 549. The molecule has 0 saturated carbocycles. The average Bonchev–Trinajstić information content (AvgIpc) is 2.46. The number of hydrogen-bond donors (Lipinski definition) is 2. The fourth-order valence-corrected chi connectivity index (χ4v) is 2.90. The van der Waals surface area contributed by atoms with Gasteiger partial charge in [-0.1, -0.05) is 13.0 Å². The van der Waals surface area contributed by atoms with E-state index in [2.05, 4.69) is 10.0 Å². The third-order valence-corrected chi connectivity index (χ3v) is 4.44. The first-order chi connectivity index (χ1) is 9.90. The maximum Gasteiger partial charge on any atom is 0.243 e. The summed E-state index contributed by atoms with van der Waals surface area (Å²) in [7, 11) is -2.40. The van der Waals surface area contributed by atoms with Crippen LogP contribution in [0.2, 0.25) is 0 Å². The SMILES string of the molecule is CCCNCc1ccc(F)c(S(=O)(=O)NCC(C)OC)c1. The molecule has 21 heavy (non-hydrogen) atoms. The van der Waals surface area contributed by atoms with E-state index in [9.17, 15) is 12.8 Å². The van der Waals surface area contributed by atoms with Crippen LogP contribution in [-0.2, 0) is 21.3 Å². The number of nitrogens with one attached hydrogen (secondary N) is 2. The third-order valence-electron chi connectivity index (χ3n) is 3.00. The van der Waals surface area contributed by atoms with Crippen LogP contribution in [0.25, 0.3) is 0 Å². The van der Waals surface area contributed by atoms with E-state index in [1.54, 1.807) is 13.0 Å². The molecule has 0 heterocycles.